The molecule has 0 fully saturated rings. The van der Waals surface area contributed by atoms with Gasteiger partial charge in [-0.1, -0.05) is 0 Å². The minimum absolute atomic E-state index is 0.247. The summed E-state index contributed by atoms with van der Waals surface area (Å²) in [6.45, 7) is 5.76. The molecule has 0 N–H and O–H groups in total. The summed E-state index contributed by atoms with van der Waals surface area (Å²) in [5.74, 6) is 1.18. The average molecular weight is 300 g/mol. The Morgan fingerprint density at radius 2 is 1.70 bits per heavy atom. The molecule has 0 aliphatic rings. The topological polar surface area (TPSA) is 54.0 Å². The van der Waals surface area contributed by atoms with E-state index in [0.29, 0.717) is 5.76 Å². The second kappa shape index (κ2) is 8.10. The van der Waals surface area contributed by atoms with Crippen LogP contribution in [-0.2, 0) is 18.1 Å². The summed E-state index contributed by atoms with van der Waals surface area (Å²) in [6, 6.07) is 7.23. The van der Waals surface area contributed by atoms with E-state index >= 15 is 0 Å². The molecule has 0 saturated carbocycles. The molecule has 20 heavy (non-hydrogen) atoms. The van der Waals surface area contributed by atoms with Gasteiger partial charge in [-0.05, 0) is 51.1 Å². The van der Waals surface area contributed by atoms with Crippen LogP contribution < -0.4 is 4.74 Å². The molecular formula is C14H21O5P. The molecule has 0 aliphatic heterocycles. The molecule has 112 valence electrons. The lowest BCUT2D eigenvalue weighted by molar-refractivity contribution is 0.159. The van der Waals surface area contributed by atoms with E-state index < -0.39 is 7.82 Å². The van der Waals surface area contributed by atoms with Crippen LogP contribution in [0, 0.1) is 0 Å². The molecule has 0 aliphatic carbocycles. The third kappa shape index (κ3) is 4.67. The van der Waals surface area contributed by atoms with E-state index in [9.17, 15) is 4.57 Å². The van der Waals surface area contributed by atoms with E-state index in [-0.39, 0.29) is 13.2 Å². The summed E-state index contributed by atoms with van der Waals surface area (Å²) in [5, 5.41) is 0. The number of benzene rings is 1. The van der Waals surface area contributed by atoms with E-state index in [2.05, 4.69) is 0 Å². The van der Waals surface area contributed by atoms with Gasteiger partial charge in [0.05, 0.1) is 20.3 Å². The molecule has 5 nitrogen and oxygen atoms in total. The van der Waals surface area contributed by atoms with Gasteiger partial charge in [0, 0.05) is 5.56 Å². The average Bonchev–Trinajstić information content (AvgIpc) is 2.45. The predicted molar refractivity (Wildman–Crippen MR) is 78.6 cm³/mol. The number of phosphoric acid groups is 1. The Kier molecular flexibility index (Phi) is 6.79. The number of hydrogen-bond acceptors (Lipinski definition) is 5. The van der Waals surface area contributed by atoms with Crippen LogP contribution in [0.2, 0.25) is 0 Å². The molecule has 0 unspecified atom stereocenters. The minimum atomic E-state index is -3.58. The Bertz CT molecular complexity index is 471. The molecule has 0 radical (unpaired) electrons. The summed E-state index contributed by atoms with van der Waals surface area (Å²) in [7, 11) is -1.98. The molecule has 0 amide bonds. The van der Waals surface area contributed by atoms with Crippen LogP contribution in [0.4, 0.5) is 0 Å². The van der Waals surface area contributed by atoms with Crippen LogP contribution in [0.25, 0.3) is 5.76 Å². The Hall–Kier alpha value is -1.29. The Balaban J connectivity index is 2.92. The standard InChI is InChI=1S/C14H21O5P/c1-5-14(12-8-10-13(16-4)11-9-12)19-20(15,17-6-2)18-7-3/h5,8-11H,6-7H2,1-4H3. The zero-order valence-electron chi connectivity index (χ0n) is 12.3. The van der Waals surface area contributed by atoms with Crippen molar-refractivity contribution in [3.63, 3.8) is 0 Å². The fourth-order valence-corrected chi connectivity index (χ4v) is 2.82. The highest BCUT2D eigenvalue weighted by Gasteiger charge is 2.28. The highest BCUT2D eigenvalue weighted by atomic mass is 31.2. The quantitative estimate of drug-likeness (QED) is 0.530. The van der Waals surface area contributed by atoms with E-state index in [1.54, 1.807) is 46.1 Å². The third-order valence-electron chi connectivity index (χ3n) is 2.42. The molecule has 0 saturated heterocycles. The Labute approximate surface area is 120 Å². The number of hydrogen-bond donors (Lipinski definition) is 0. The van der Waals surface area contributed by atoms with Gasteiger partial charge in [0.1, 0.15) is 11.5 Å². The van der Waals surface area contributed by atoms with Gasteiger partial charge >= 0.3 is 7.82 Å². The summed E-state index contributed by atoms with van der Waals surface area (Å²) in [4.78, 5) is 0. The number of allylic oxidation sites excluding steroid dienone is 1. The maximum absolute atomic E-state index is 12.3. The third-order valence-corrected chi connectivity index (χ3v) is 3.99. The summed E-state index contributed by atoms with van der Waals surface area (Å²) in [6.07, 6.45) is 1.71. The lowest BCUT2D eigenvalue weighted by Gasteiger charge is -2.19. The number of phosphoric ester groups is 1. The SMILES string of the molecule is CC=C(OP(=O)(OCC)OCC)c1ccc(OC)cc1. The van der Waals surface area contributed by atoms with Gasteiger partial charge in [0.25, 0.3) is 0 Å². The molecule has 6 heteroatoms. The van der Waals surface area contributed by atoms with Gasteiger partial charge < -0.3 is 9.26 Å². The van der Waals surface area contributed by atoms with E-state index in [4.69, 9.17) is 18.3 Å². The fraction of sp³-hybridized carbons (Fsp3) is 0.429. The molecule has 0 bridgehead atoms. The molecule has 0 atom stereocenters. The van der Waals surface area contributed by atoms with Crippen molar-refractivity contribution in [1.82, 2.24) is 0 Å². The normalized spacial score (nSPS) is 12.3. The Morgan fingerprint density at radius 1 is 1.15 bits per heavy atom. The van der Waals surface area contributed by atoms with Crippen molar-refractivity contribution in [2.75, 3.05) is 20.3 Å². The van der Waals surface area contributed by atoms with Gasteiger partial charge in [-0.3, -0.25) is 9.05 Å². The summed E-state index contributed by atoms with van der Waals surface area (Å²) >= 11 is 0. The smallest absolute Gasteiger partial charge is 0.497 e. The van der Waals surface area contributed by atoms with Crippen molar-refractivity contribution in [3.8, 4) is 5.75 Å². The van der Waals surface area contributed by atoms with Crippen LogP contribution in [0.3, 0.4) is 0 Å². The first-order valence-electron chi connectivity index (χ1n) is 6.48. The van der Waals surface area contributed by atoms with Crippen molar-refractivity contribution in [1.29, 1.82) is 0 Å². The summed E-state index contributed by atoms with van der Waals surface area (Å²) < 4.78 is 33.1. The first kappa shape index (κ1) is 16.8. The predicted octanol–water partition coefficient (Wildman–Crippen LogP) is 4.25. The van der Waals surface area contributed by atoms with E-state index in [0.717, 1.165) is 11.3 Å². The van der Waals surface area contributed by atoms with Crippen molar-refractivity contribution >= 4 is 13.6 Å². The van der Waals surface area contributed by atoms with E-state index in [1.165, 1.54) is 0 Å². The second-order valence-electron chi connectivity index (χ2n) is 3.76. The van der Waals surface area contributed by atoms with Crippen LogP contribution >= 0.6 is 7.82 Å². The van der Waals surface area contributed by atoms with Crippen molar-refractivity contribution in [2.24, 2.45) is 0 Å². The highest BCUT2D eigenvalue weighted by Crippen LogP contribution is 2.52. The molecule has 1 rings (SSSR count). The number of rotatable bonds is 8. The van der Waals surface area contributed by atoms with Gasteiger partial charge in [-0.2, -0.15) is 0 Å². The van der Waals surface area contributed by atoms with Crippen LogP contribution in [0.15, 0.2) is 30.3 Å². The first-order chi connectivity index (χ1) is 9.58. The number of ether oxygens (including phenoxy) is 1. The van der Waals surface area contributed by atoms with Gasteiger partial charge in [-0.15, -0.1) is 0 Å². The van der Waals surface area contributed by atoms with Crippen LogP contribution in [0.1, 0.15) is 26.3 Å². The number of methoxy groups -OCH3 is 1. The first-order valence-corrected chi connectivity index (χ1v) is 7.94. The molecule has 0 spiro atoms. The van der Waals surface area contributed by atoms with Gasteiger partial charge in [0.15, 0.2) is 0 Å². The molecule has 1 aromatic carbocycles. The maximum atomic E-state index is 12.3. The van der Waals surface area contributed by atoms with Gasteiger partial charge in [0.2, 0.25) is 0 Å². The van der Waals surface area contributed by atoms with Crippen molar-refractivity contribution in [3.05, 3.63) is 35.9 Å². The zero-order valence-corrected chi connectivity index (χ0v) is 13.2. The van der Waals surface area contributed by atoms with Gasteiger partial charge in [-0.25, -0.2) is 4.57 Å². The zero-order chi connectivity index (χ0) is 15.0. The van der Waals surface area contributed by atoms with Crippen molar-refractivity contribution in [2.45, 2.75) is 20.8 Å². The monoisotopic (exact) mass is 300 g/mol. The maximum Gasteiger partial charge on any atom is 0.530 e. The van der Waals surface area contributed by atoms with Crippen molar-refractivity contribution < 1.29 is 22.9 Å². The van der Waals surface area contributed by atoms with Crippen LogP contribution in [-0.4, -0.2) is 20.3 Å². The fourth-order valence-electron chi connectivity index (χ4n) is 1.55. The largest absolute Gasteiger partial charge is 0.530 e. The Morgan fingerprint density at radius 3 is 2.10 bits per heavy atom. The van der Waals surface area contributed by atoms with E-state index in [1.807, 2.05) is 12.1 Å². The van der Waals surface area contributed by atoms with Crippen LogP contribution in [0.5, 0.6) is 5.75 Å². The molecule has 1 aromatic rings. The lowest BCUT2D eigenvalue weighted by Crippen LogP contribution is -2.00. The molecular weight excluding hydrogens is 279 g/mol. The second-order valence-corrected chi connectivity index (χ2v) is 5.35. The molecule has 0 aromatic heterocycles. The minimum Gasteiger partial charge on any atom is -0.497 e. The highest BCUT2D eigenvalue weighted by molar-refractivity contribution is 7.48. The lowest BCUT2D eigenvalue weighted by atomic mass is 10.2. The summed E-state index contributed by atoms with van der Waals surface area (Å²) in [5.41, 5.74) is 0.771. The molecule has 0 heterocycles.